The van der Waals surface area contributed by atoms with Crippen LogP contribution in [0.5, 0.6) is 0 Å². The molecule has 6 heteroatoms. The van der Waals surface area contributed by atoms with Crippen molar-refractivity contribution >= 4 is 17.6 Å². The lowest BCUT2D eigenvalue weighted by molar-refractivity contribution is 0.244. The van der Waals surface area contributed by atoms with Crippen LogP contribution in [-0.4, -0.2) is 28.8 Å². The largest absolute Gasteiger partial charge is 0.357 e. The Bertz CT molecular complexity index is 803. The molecule has 1 saturated carbocycles. The van der Waals surface area contributed by atoms with Gasteiger partial charge in [0.15, 0.2) is 5.96 Å². The lowest BCUT2D eigenvalue weighted by atomic mass is 9.64. The van der Waals surface area contributed by atoms with Crippen LogP contribution in [0.25, 0.3) is 0 Å². The van der Waals surface area contributed by atoms with Crippen molar-refractivity contribution in [1.29, 1.82) is 0 Å². The molecule has 0 saturated heterocycles. The molecule has 1 aromatic carbocycles. The van der Waals surface area contributed by atoms with E-state index in [1.807, 2.05) is 30.8 Å². The van der Waals surface area contributed by atoms with Crippen molar-refractivity contribution in [3.63, 3.8) is 0 Å². The normalized spacial score (nSPS) is 16.1. The predicted molar refractivity (Wildman–Crippen MR) is 112 cm³/mol. The number of rotatable bonds is 6. The highest BCUT2D eigenvalue weighted by atomic mass is 35.5. The summed E-state index contributed by atoms with van der Waals surface area (Å²) in [6.45, 7) is 8.58. The first-order chi connectivity index (χ1) is 12.9. The molecule has 0 unspecified atom stereocenters. The Morgan fingerprint density at radius 3 is 2.44 bits per heavy atom. The monoisotopic (exact) mass is 387 g/mol. The Balaban J connectivity index is 1.71. The highest BCUT2D eigenvalue weighted by Gasteiger charge is 2.38. The van der Waals surface area contributed by atoms with Gasteiger partial charge in [0.25, 0.3) is 0 Å². The van der Waals surface area contributed by atoms with Crippen molar-refractivity contribution in [3.05, 3.63) is 51.8 Å². The van der Waals surface area contributed by atoms with Crippen LogP contribution in [-0.2, 0) is 19.0 Å². The molecule has 1 fully saturated rings. The maximum atomic E-state index is 6.07. The number of hydrogen-bond donors (Lipinski definition) is 2. The molecule has 0 amide bonds. The van der Waals surface area contributed by atoms with Gasteiger partial charge < -0.3 is 10.6 Å². The molecule has 146 valence electrons. The fourth-order valence-corrected chi connectivity index (χ4v) is 3.90. The SMILES string of the molecule is CCNC(=NCc1c(C)nn(C)c1C)NCC1(c2ccc(Cl)cc2)CCC1. The number of nitrogens with zero attached hydrogens (tertiary/aromatic N) is 3. The molecule has 1 aliphatic carbocycles. The zero-order chi connectivity index (χ0) is 19.4. The third kappa shape index (κ3) is 4.29. The Labute approximate surface area is 167 Å². The van der Waals surface area contributed by atoms with E-state index in [4.69, 9.17) is 16.6 Å². The van der Waals surface area contributed by atoms with E-state index < -0.39 is 0 Å². The number of hydrogen-bond acceptors (Lipinski definition) is 2. The smallest absolute Gasteiger partial charge is 0.191 e. The number of halogens is 1. The average Bonchev–Trinajstić information content (AvgIpc) is 2.85. The van der Waals surface area contributed by atoms with Crippen LogP contribution in [0.1, 0.15) is 48.7 Å². The first kappa shape index (κ1) is 19.7. The molecule has 0 spiro atoms. The highest BCUT2D eigenvalue weighted by Crippen LogP contribution is 2.43. The number of aliphatic imine (C=N–C) groups is 1. The molecule has 0 aliphatic heterocycles. The van der Waals surface area contributed by atoms with Crippen molar-refractivity contribution in [2.75, 3.05) is 13.1 Å². The fraction of sp³-hybridized carbons (Fsp3) is 0.524. The van der Waals surface area contributed by atoms with E-state index in [1.54, 1.807) is 0 Å². The second-order valence-corrected chi connectivity index (χ2v) is 7.90. The third-order valence-corrected chi connectivity index (χ3v) is 6.01. The molecule has 3 rings (SSSR count). The Morgan fingerprint density at radius 2 is 1.93 bits per heavy atom. The van der Waals surface area contributed by atoms with Crippen LogP contribution >= 0.6 is 11.6 Å². The molecule has 0 atom stereocenters. The maximum absolute atomic E-state index is 6.07. The number of nitrogens with one attached hydrogen (secondary N) is 2. The Morgan fingerprint density at radius 1 is 1.22 bits per heavy atom. The number of aromatic nitrogens is 2. The van der Waals surface area contributed by atoms with E-state index in [2.05, 4.69) is 41.7 Å². The lowest BCUT2D eigenvalue weighted by Crippen LogP contribution is -2.48. The molecular formula is C21H30ClN5. The minimum atomic E-state index is 0.181. The number of aryl methyl sites for hydroxylation is 2. The quantitative estimate of drug-likeness (QED) is 0.584. The standard InChI is InChI=1S/C21H30ClN5/c1-5-23-20(24-13-19-15(2)26-27(4)16(19)3)25-14-21(11-6-12-21)17-7-9-18(22)10-8-17/h7-10H,5-6,11-14H2,1-4H3,(H2,23,24,25). The molecule has 1 aromatic heterocycles. The Kier molecular flexibility index (Phi) is 6.10. The van der Waals surface area contributed by atoms with Crippen molar-refractivity contribution in [3.8, 4) is 0 Å². The predicted octanol–water partition coefficient (Wildman–Crippen LogP) is 3.87. The molecule has 2 N–H and O–H groups in total. The van der Waals surface area contributed by atoms with Gasteiger partial charge in [-0.3, -0.25) is 4.68 Å². The van der Waals surface area contributed by atoms with Crippen LogP contribution < -0.4 is 10.6 Å². The molecule has 2 aromatic rings. The van der Waals surface area contributed by atoms with Gasteiger partial charge in [0.2, 0.25) is 0 Å². The van der Waals surface area contributed by atoms with Gasteiger partial charge in [-0.05, 0) is 51.3 Å². The summed E-state index contributed by atoms with van der Waals surface area (Å²) in [4.78, 5) is 4.81. The van der Waals surface area contributed by atoms with Crippen molar-refractivity contribution in [2.45, 2.75) is 52.0 Å². The zero-order valence-corrected chi connectivity index (χ0v) is 17.5. The van der Waals surface area contributed by atoms with Crippen LogP contribution in [0.2, 0.25) is 5.02 Å². The average molecular weight is 388 g/mol. The van der Waals surface area contributed by atoms with E-state index in [9.17, 15) is 0 Å². The van der Waals surface area contributed by atoms with Crippen LogP contribution in [0.3, 0.4) is 0 Å². The number of benzene rings is 1. The molecule has 0 radical (unpaired) electrons. The van der Waals surface area contributed by atoms with Crippen LogP contribution in [0, 0.1) is 13.8 Å². The summed E-state index contributed by atoms with van der Waals surface area (Å²) in [5.74, 6) is 0.861. The maximum Gasteiger partial charge on any atom is 0.191 e. The van der Waals surface area contributed by atoms with Gasteiger partial charge in [0.05, 0.1) is 12.2 Å². The van der Waals surface area contributed by atoms with Crippen molar-refractivity contribution in [2.24, 2.45) is 12.0 Å². The molecular weight excluding hydrogens is 358 g/mol. The summed E-state index contributed by atoms with van der Waals surface area (Å²) in [5.41, 5.74) is 4.96. The second kappa shape index (κ2) is 8.34. The van der Waals surface area contributed by atoms with Crippen molar-refractivity contribution < 1.29 is 0 Å². The molecule has 1 aliphatic rings. The first-order valence-electron chi connectivity index (χ1n) is 9.72. The van der Waals surface area contributed by atoms with Crippen LogP contribution in [0.15, 0.2) is 29.3 Å². The minimum absolute atomic E-state index is 0.181. The van der Waals surface area contributed by atoms with Gasteiger partial charge >= 0.3 is 0 Å². The lowest BCUT2D eigenvalue weighted by Gasteiger charge is -2.43. The summed E-state index contributed by atoms with van der Waals surface area (Å²) in [6.07, 6.45) is 3.66. The summed E-state index contributed by atoms with van der Waals surface area (Å²) in [6, 6.07) is 8.31. The summed E-state index contributed by atoms with van der Waals surface area (Å²) in [5, 5.41) is 12.2. The molecule has 0 bridgehead atoms. The van der Waals surface area contributed by atoms with E-state index in [0.29, 0.717) is 6.54 Å². The van der Waals surface area contributed by atoms with Crippen molar-refractivity contribution in [1.82, 2.24) is 20.4 Å². The number of guanidine groups is 1. The Hall–Kier alpha value is -2.01. The first-order valence-corrected chi connectivity index (χ1v) is 10.1. The summed E-state index contributed by atoms with van der Waals surface area (Å²) in [7, 11) is 1.98. The van der Waals surface area contributed by atoms with Gasteiger partial charge in [-0.25, -0.2) is 4.99 Å². The minimum Gasteiger partial charge on any atom is -0.357 e. The molecule has 27 heavy (non-hydrogen) atoms. The summed E-state index contributed by atoms with van der Waals surface area (Å²) >= 11 is 6.07. The van der Waals surface area contributed by atoms with Gasteiger partial charge in [-0.15, -0.1) is 0 Å². The topological polar surface area (TPSA) is 54.2 Å². The van der Waals surface area contributed by atoms with E-state index in [-0.39, 0.29) is 5.41 Å². The second-order valence-electron chi connectivity index (χ2n) is 7.46. The highest BCUT2D eigenvalue weighted by molar-refractivity contribution is 6.30. The van der Waals surface area contributed by atoms with Crippen LogP contribution in [0.4, 0.5) is 0 Å². The summed E-state index contributed by atoms with van der Waals surface area (Å²) < 4.78 is 1.92. The van der Waals surface area contributed by atoms with E-state index in [0.717, 1.165) is 29.8 Å². The van der Waals surface area contributed by atoms with Gasteiger partial charge in [-0.1, -0.05) is 30.2 Å². The molecule has 1 heterocycles. The van der Waals surface area contributed by atoms with Gasteiger partial charge in [-0.2, -0.15) is 5.10 Å². The van der Waals surface area contributed by atoms with Gasteiger partial charge in [0, 0.05) is 41.8 Å². The third-order valence-electron chi connectivity index (χ3n) is 5.76. The molecule has 5 nitrogen and oxygen atoms in total. The van der Waals surface area contributed by atoms with E-state index >= 15 is 0 Å². The zero-order valence-electron chi connectivity index (χ0n) is 16.8. The van der Waals surface area contributed by atoms with Gasteiger partial charge in [0.1, 0.15) is 0 Å². The fourth-order valence-electron chi connectivity index (χ4n) is 3.77. The van der Waals surface area contributed by atoms with E-state index in [1.165, 1.54) is 36.1 Å².